The molecule has 2 aromatic carbocycles. The number of benzene rings is 2. The summed E-state index contributed by atoms with van der Waals surface area (Å²) in [5.74, 6) is 2.52. The Morgan fingerprint density at radius 1 is 0.844 bits per heavy atom. The maximum absolute atomic E-state index is 13.1. The van der Waals surface area contributed by atoms with Gasteiger partial charge in [0.15, 0.2) is 11.5 Å². The summed E-state index contributed by atoms with van der Waals surface area (Å²) < 4.78 is 17.5. The molecule has 2 N–H and O–H groups in total. The van der Waals surface area contributed by atoms with Gasteiger partial charge < -0.3 is 34.2 Å². The number of ether oxygens (including phenoxy) is 3. The Bertz CT molecular complexity index is 1480. The van der Waals surface area contributed by atoms with E-state index in [1.165, 1.54) is 23.3 Å². The van der Waals surface area contributed by atoms with Gasteiger partial charge in [0.05, 0.1) is 25.9 Å². The Hall–Kier alpha value is -4.15. The summed E-state index contributed by atoms with van der Waals surface area (Å²) in [5, 5.41) is 19.6. The van der Waals surface area contributed by atoms with Crippen LogP contribution < -0.4 is 14.2 Å². The highest BCUT2D eigenvalue weighted by molar-refractivity contribution is 5.93. The van der Waals surface area contributed by atoms with Gasteiger partial charge in [0, 0.05) is 57.2 Å². The first-order valence-corrected chi connectivity index (χ1v) is 15.8. The van der Waals surface area contributed by atoms with Crippen LogP contribution in [-0.2, 0) is 11.4 Å². The van der Waals surface area contributed by atoms with Crippen LogP contribution in [0.4, 0.5) is 0 Å². The smallest absolute Gasteiger partial charge is 0.272 e. The Labute approximate surface area is 263 Å². The topological polar surface area (TPSA) is 122 Å². The minimum atomic E-state index is -0.698. The Kier molecular flexibility index (Phi) is 9.51. The van der Waals surface area contributed by atoms with E-state index in [-0.39, 0.29) is 37.2 Å². The molecule has 10 nitrogen and oxygen atoms in total. The van der Waals surface area contributed by atoms with Crippen molar-refractivity contribution in [2.45, 2.75) is 62.8 Å². The highest BCUT2D eigenvalue weighted by atomic mass is 16.5. The number of aliphatic hydroxyl groups is 2. The molecule has 10 heteroatoms. The minimum absolute atomic E-state index is 0.122. The van der Waals surface area contributed by atoms with Crippen LogP contribution in [0, 0.1) is 0 Å². The minimum Gasteiger partial charge on any atom is -0.493 e. The molecule has 0 radical (unpaired) electrons. The van der Waals surface area contributed by atoms with Crippen LogP contribution in [-0.4, -0.2) is 88.9 Å². The molecule has 0 unspecified atom stereocenters. The molecule has 3 aliphatic rings. The Morgan fingerprint density at radius 2 is 1.58 bits per heavy atom. The quantitative estimate of drug-likeness (QED) is 0.295. The van der Waals surface area contributed by atoms with Crippen LogP contribution in [0.15, 0.2) is 60.8 Å². The van der Waals surface area contributed by atoms with Crippen molar-refractivity contribution >= 4 is 11.8 Å². The molecule has 2 amide bonds. The maximum Gasteiger partial charge on any atom is 0.272 e. The number of amides is 2. The third-order valence-corrected chi connectivity index (χ3v) is 8.76. The predicted molar refractivity (Wildman–Crippen MR) is 167 cm³/mol. The molecule has 2 aliphatic heterocycles. The highest BCUT2D eigenvalue weighted by Crippen LogP contribution is 2.40. The van der Waals surface area contributed by atoms with Gasteiger partial charge in [-0.1, -0.05) is 30.3 Å². The van der Waals surface area contributed by atoms with Gasteiger partial charge in [0.2, 0.25) is 5.91 Å². The predicted octanol–water partition coefficient (Wildman–Crippen LogP) is 3.90. The average Bonchev–Trinajstić information content (AvgIpc) is 3.87. The summed E-state index contributed by atoms with van der Waals surface area (Å²) in [6, 6.07) is 17.9. The van der Waals surface area contributed by atoms with Crippen molar-refractivity contribution in [3.8, 4) is 17.2 Å². The molecule has 1 saturated carbocycles. The molecule has 2 atom stereocenters. The molecule has 3 aromatic rings. The lowest BCUT2D eigenvalue weighted by molar-refractivity contribution is -0.137. The number of β-amino-alcohol motifs (C(OH)–C–C–N with tert-alkyl or cyclic N) is 2. The van der Waals surface area contributed by atoms with Crippen molar-refractivity contribution in [1.82, 2.24) is 14.8 Å². The first-order chi connectivity index (χ1) is 21.9. The van der Waals surface area contributed by atoms with Crippen LogP contribution in [0.1, 0.15) is 71.1 Å². The second kappa shape index (κ2) is 13.9. The lowest BCUT2D eigenvalue weighted by Crippen LogP contribution is -2.48. The van der Waals surface area contributed by atoms with E-state index in [1.807, 2.05) is 18.2 Å². The number of piperidine rings is 1. The van der Waals surface area contributed by atoms with Crippen molar-refractivity contribution in [3.05, 3.63) is 83.2 Å². The lowest BCUT2D eigenvalue weighted by Gasteiger charge is -2.39. The fraction of sp³-hybridized carbons (Fsp3) is 0.457. The van der Waals surface area contributed by atoms with Crippen molar-refractivity contribution in [2.75, 3.05) is 39.9 Å². The standard InChI is InChI=1S/C35H41N3O7/c1-43-33-15-26(10-11-32(33)45-22-23-4-6-24(7-5-23)25-8-9-25)27-18-38(19-27)35(42)31-17-30(12-13-36-31)44-14-2-3-34(41)37-20-28(39)16-29(40)21-37/h4-7,10-13,15,17,25,27-29,39-40H,2-3,8-9,14,16,18-22H2,1H3/t28-,29+. The fourth-order valence-electron chi connectivity index (χ4n) is 5.98. The largest absolute Gasteiger partial charge is 0.493 e. The lowest BCUT2D eigenvalue weighted by atomic mass is 9.91. The Balaban J connectivity index is 0.955. The van der Waals surface area contributed by atoms with Gasteiger partial charge in [-0.3, -0.25) is 14.6 Å². The number of nitrogens with zero attached hydrogens (tertiary/aromatic N) is 3. The number of pyridine rings is 1. The highest BCUT2D eigenvalue weighted by Gasteiger charge is 2.33. The van der Waals surface area contributed by atoms with Crippen LogP contribution >= 0.6 is 0 Å². The van der Waals surface area contributed by atoms with Gasteiger partial charge in [0.25, 0.3) is 5.91 Å². The number of hydrogen-bond acceptors (Lipinski definition) is 8. The third kappa shape index (κ3) is 7.75. The SMILES string of the molecule is COc1cc(C2CN(C(=O)c3cc(OCCCC(=O)N4C[C@H](O)C[C@H](O)C4)ccn3)C2)ccc1OCc1ccc(C2CC2)cc1. The van der Waals surface area contributed by atoms with E-state index in [9.17, 15) is 19.8 Å². The normalized spacial score (nSPS) is 20.0. The van der Waals surface area contributed by atoms with E-state index in [2.05, 4.69) is 29.2 Å². The van der Waals surface area contributed by atoms with Gasteiger partial charge in [-0.25, -0.2) is 0 Å². The van der Waals surface area contributed by atoms with Crippen molar-refractivity contribution < 1.29 is 34.0 Å². The zero-order valence-corrected chi connectivity index (χ0v) is 25.6. The molecule has 6 rings (SSSR count). The number of aliphatic hydroxyl groups excluding tert-OH is 2. The number of carbonyl (C=O) groups excluding carboxylic acids is 2. The van der Waals surface area contributed by atoms with E-state index >= 15 is 0 Å². The van der Waals surface area contributed by atoms with Crippen molar-refractivity contribution in [3.63, 3.8) is 0 Å². The molecule has 3 heterocycles. The number of likely N-dealkylation sites (tertiary alicyclic amines) is 2. The molecule has 238 valence electrons. The molecule has 1 aliphatic carbocycles. The van der Waals surface area contributed by atoms with Gasteiger partial charge in [-0.05, 0) is 60.1 Å². The molecule has 2 saturated heterocycles. The number of carbonyl (C=O) groups is 2. The summed E-state index contributed by atoms with van der Waals surface area (Å²) in [6.07, 6.45) is 3.75. The van der Waals surface area contributed by atoms with Crippen molar-refractivity contribution in [1.29, 1.82) is 0 Å². The van der Waals surface area contributed by atoms with E-state index < -0.39 is 12.2 Å². The summed E-state index contributed by atoms with van der Waals surface area (Å²) >= 11 is 0. The van der Waals surface area contributed by atoms with E-state index in [0.29, 0.717) is 62.1 Å². The zero-order valence-electron chi connectivity index (χ0n) is 25.6. The van der Waals surface area contributed by atoms with Gasteiger partial charge in [-0.2, -0.15) is 0 Å². The summed E-state index contributed by atoms with van der Waals surface area (Å²) in [7, 11) is 1.64. The number of hydrogen-bond donors (Lipinski definition) is 2. The maximum atomic E-state index is 13.1. The molecule has 45 heavy (non-hydrogen) atoms. The molecule has 1 aromatic heterocycles. The molecule has 0 spiro atoms. The first kappa shape index (κ1) is 30.9. The molecule has 0 bridgehead atoms. The van der Waals surface area contributed by atoms with E-state index in [0.717, 1.165) is 17.0 Å². The Morgan fingerprint density at radius 3 is 2.29 bits per heavy atom. The number of rotatable bonds is 12. The van der Waals surface area contributed by atoms with Gasteiger partial charge in [-0.15, -0.1) is 0 Å². The molecular formula is C35H41N3O7. The number of methoxy groups -OCH3 is 1. The molecule has 3 fully saturated rings. The summed E-state index contributed by atoms with van der Waals surface area (Å²) in [5.41, 5.74) is 3.92. The average molecular weight is 616 g/mol. The summed E-state index contributed by atoms with van der Waals surface area (Å²) in [6.45, 7) is 2.39. The van der Waals surface area contributed by atoms with Crippen LogP contribution in [0.3, 0.4) is 0 Å². The van der Waals surface area contributed by atoms with E-state index in [1.54, 1.807) is 30.3 Å². The number of aromatic nitrogens is 1. The third-order valence-electron chi connectivity index (χ3n) is 8.76. The van der Waals surface area contributed by atoms with Crippen molar-refractivity contribution in [2.24, 2.45) is 0 Å². The molecular weight excluding hydrogens is 574 g/mol. The van der Waals surface area contributed by atoms with Crippen LogP contribution in [0.5, 0.6) is 17.2 Å². The second-order valence-corrected chi connectivity index (χ2v) is 12.3. The van der Waals surface area contributed by atoms with Crippen LogP contribution in [0.2, 0.25) is 0 Å². The first-order valence-electron chi connectivity index (χ1n) is 15.8. The zero-order chi connectivity index (χ0) is 31.3. The van der Waals surface area contributed by atoms with Gasteiger partial charge in [0.1, 0.15) is 18.1 Å². The van der Waals surface area contributed by atoms with Gasteiger partial charge >= 0.3 is 0 Å². The monoisotopic (exact) mass is 615 g/mol. The van der Waals surface area contributed by atoms with Crippen LogP contribution in [0.25, 0.3) is 0 Å². The fourth-order valence-corrected chi connectivity index (χ4v) is 5.98. The van der Waals surface area contributed by atoms with E-state index in [4.69, 9.17) is 14.2 Å². The second-order valence-electron chi connectivity index (χ2n) is 12.3. The summed E-state index contributed by atoms with van der Waals surface area (Å²) in [4.78, 5) is 33.1.